The summed E-state index contributed by atoms with van der Waals surface area (Å²) in [5.74, 6) is -0.933. The fourth-order valence-electron chi connectivity index (χ4n) is 0.976. The van der Waals surface area contributed by atoms with Crippen LogP contribution in [0.1, 0.15) is 15.9 Å². The molecule has 88 valence electrons. The number of halogens is 5. The van der Waals surface area contributed by atoms with Crippen molar-refractivity contribution in [3.63, 3.8) is 0 Å². The number of carbonyl (C=O) groups excluding carboxylic acids is 1. The van der Waals surface area contributed by atoms with E-state index in [1.165, 1.54) is 0 Å². The molecule has 0 aliphatic heterocycles. The Kier molecular flexibility index (Phi) is 4.05. The predicted octanol–water partition coefficient (Wildman–Crippen LogP) is 2.87. The van der Waals surface area contributed by atoms with E-state index in [1.807, 2.05) is 0 Å². The zero-order valence-electron chi connectivity index (χ0n) is 7.52. The minimum atomic E-state index is -4.97. The normalized spacial score (nSPS) is 11.3. The maximum atomic E-state index is 12.5. The Morgan fingerprint density at radius 1 is 1.50 bits per heavy atom. The molecule has 0 saturated carbocycles. The summed E-state index contributed by atoms with van der Waals surface area (Å²) in [5.41, 5.74) is -0.684. The Morgan fingerprint density at radius 2 is 2.12 bits per heavy atom. The summed E-state index contributed by atoms with van der Waals surface area (Å²) in [6.07, 6.45) is -3.70. The molecular weight excluding hydrogens is 345 g/mol. The maximum absolute atomic E-state index is 12.5. The third-order valence-corrected chi connectivity index (χ3v) is 2.46. The molecule has 0 N–H and O–H groups in total. The number of aromatic nitrogens is 1. The van der Waals surface area contributed by atoms with E-state index >= 15 is 0 Å². The van der Waals surface area contributed by atoms with Crippen molar-refractivity contribution >= 4 is 28.9 Å². The molecule has 0 aromatic carbocycles. The van der Waals surface area contributed by atoms with Gasteiger partial charge in [-0.2, -0.15) is 0 Å². The van der Waals surface area contributed by atoms with E-state index in [9.17, 15) is 22.4 Å². The average molecular weight is 349 g/mol. The lowest BCUT2D eigenvalue weighted by atomic mass is 10.1. The molecule has 0 saturated heterocycles. The highest BCUT2D eigenvalue weighted by atomic mass is 127. The highest BCUT2D eigenvalue weighted by Crippen LogP contribution is 2.28. The second-order valence-corrected chi connectivity index (χ2v) is 3.76. The van der Waals surface area contributed by atoms with Gasteiger partial charge in [-0.25, -0.2) is 9.37 Å². The van der Waals surface area contributed by atoms with Gasteiger partial charge in [0, 0.05) is 15.3 Å². The topological polar surface area (TPSA) is 39.2 Å². The van der Waals surface area contributed by atoms with E-state index in [-0.39, 0.29) is 15.4 Å². The van der Waals surface area contributed by atoms with Crippen LogP contribution in [0.2, 0.25) is 0 Å². The molecule has 1 aromatic heterocycles. The Balaban J connectivity index is 3.25. The van der Waals surface area contributed by atoms with Crippen LogP contribution >= 0.6 is 22.6 Å². The molecule has 0 fully saturated rings. The minimum absolute atomic E-state index is 0.183. The molecule has 0 atom stereocenters. The van der Waals surface area contributed by atoms with Gasteiger partial charge < -0.3 is 4.74 Å². The summed E-state index contributed by atoms with van der Waals surface area (Å²) in [6.45, 7) is -1.26. The predicted molar refractivity (Wildman–Crippen MR) is 53.8 cm³/mol. The van der Waals surface area contributed by atoms with Gasteiger partial charge in [0.05, 0.1) is 5.56 Å². The molecule has 3 nitrogen and oxygen atoms in total. The summed E-state index contributed by atoms with van der Waals surface area (Å²) >= 11 is 1.67. The van der Waals surface area contributed by atoms with E-state index < -0.39 is 24.5 Å². The van der Waals surface area contributed by atoms with Gasteiger partial charge in [-0.1, -0.05) is 0 Å². The lowest BCUT2D eigenvalue weighted by Gasteiger charge is -2.12. The molecule has 0 bridgehead atoms. The first-order valence-corrected chi connectivity index (χ1v) is 4.91. The first-order valence-electron chi connectivity index (χ1n) is 3.83. The fraction of sp³-hybridized carbons (Fsp3) is 0.250. The summed E-state index contributed by atoms with van der Waals surface area (Å²) < 4.78 is 52.1. The van der Waals surface area contributed by atoms with E-state index in [0.717, 1.165) is 6.20 Å². The molecule has 0 amide bonds. The zero-order valence-corrected chi connectivity index (χ0v) is 9.67. The summed E-state index contributed by atoms with van der Waals surface area (Å²) in [7, 11) is 0. The van der Waals surface area contributed by atoms with Crippen LogP contribution in [-0.2, 0) is 6.67 Å². The lowest BCUT2D eigenvalue weighted by molar-refractivity contribution is -0.276. The minimum Gasteiger partial charge on any atom is -0.387 e. The third-order valence-electron chi connectivity index (χ3n) is 1.60. The molecule has 0 spiro atoms. The van der Waals surface area contributed by atoms with Crippen molar-refractivity contribution < 1.29 is 27.1 Å². The van der Waals surface area contributed by atoms with Gasteiger partial charge in [0.2, 0.25) is 5.88 Å². The average Bonchev–Trinajstić information content (AvgIpc) is 2.18. The van der Waals surface area contributed by atoms with Gasteiger partial charge in [-0.05, 0) is 22.6 Å². The molecule has 0 radical (unpaired) electrons. The number of hydrogen-bond acceptors (Lipinski definition) is 3. The Hall–Kier alpha value is -0.930. The van der Waals surface area contributed by atoms with Crippen LogP contribution in [0, 0.1) is 3.57 Å². The van der Waals surface area contributed by atoms with Crippen molar-refractivity contribution in [3.05, 3.63) is 20.9 Å². The molecule has 0 unspecified atom stereocenters. The van der Waals surface area contributed by atoms with Crippen molar-refractivity contribution in [1.82, 2.24) is 4.98 Å². The molecule has 0 aliphatic rings. The van der Waals surface area contributed by atoms with Gasteiger partial charge in [-0.3, -0.25) is 4.79 Å². The number of carbonyl (C=O) groups is 1. The van der Waals surface area contributed by atoms with Crippen LogP contribution in [0.4, 0.5) is 17.6 Å². The van der Waals surface area contributed by atoms with Crippen molar-refractivity contribution in [2.24, 2.45) is 0 Å². The zero-order chi connectivity index (χ0) is 12.3. The van der Waals surface area contributed by atoms with Crippen LogP contribution < -0.4 is 4.74 Å². The van der Waals surface area contributed by atoms with Gasteiger partial charge in [-0.15, -0.1) is 13.2 Å². The van der Waals surface area contributed by atoms with Gasteiger partial charge >= 0.3 is 6.36 Å². The Morgan fingerprint density at radius 3 is 2.56 bits per heavy atom. The number of rotatable bonds is 3. The molecular formula is C8H4F4INO2. The van der Waals surface area contributed by atoms with Crippen LogP contribution in [0.25, 0.3) is 0 Å². The summed E-state index contributed by atoms with van der Waals surface area (Å²) in [6, 6.07) is 0. The van der Waals surface area contributed by atoms with E-state index in [0.29, 0.717) is 0 Å². The molecule has 1 heterocycles. The second-order valence-electron chi connectivity index (χ2n) is 2.60. The first kappa shape index (κ1) is 13.1. The highest BCUT2D eigenvalue weighted by Gasteiger charge is 2.33. The van der Waals surface area contributed by atoms with Crippen LogP contribution in [0.5, 0.6) is 5.88 Å². The molecule has 1 rings (SSSR count). The molecule has 16 heavy (non-hydrogen) atoms. The van der Waals surface area contributed by atoms with Crippen molar-refractivity contribution in [3.8, 4) is 5.88 Å². The molecule has 1 aromatic rings. The molecule has 0 aliphatic carbocycles. The van der Waals surface area contributed by atoms with E-state index in [1.54, 1.807) is 22.6 Å². The van der Waals surface area contributed by atoms with Crippen molar-refractivity contribution in [2.45, 2.75) is 13.0 Å². The number of ether oxygens (including phenoxy) is 1. The van der Waals surface area contributed by atoms with Gasteiger partial charge in [0.1, 0.15) is 6.67 Å². The lowest BCUT2D eigenvalue weighted by Crippen LogP contribution is -2.19. The summed E-state index contributed by atoms with van der Waals surface area (Å²) in [4.78, 5) is 13.9. The Labute approximate surface area is 101 Å². The number of alkyl halides is 4. The standard InChI is InChI=1S/C8H4F4INO2/c9-1-4-5(3-15)6(13)2-14-7(4)16-8(10,11)12/h2-3H,1H2. The van der Waals surface area contributed by atoms with Crippen LogP contribution in [0.3, 0.4) is 0 Å². The SMILES string of the molecule is O=Cc1c(I)cnc(OC(F)(F)F)c1CF. The monoisotopic (exact) mass is 349 g/mol. The Bertz CT molecular complexity index is 408. The molecule has 8 heteroatoms. The van der Waals surface area contributed by atoms with E-state index in [4.69, 9.17) is 0 Å². The number of pyridine rings is 1. The largest absolute Gasteiger partial charge is 0.574 e. The quantitative estimate of drug-likeness (QED) is 0.479. The number of nitrogens with zero attached hydrogens (tertiary/aromatic N) is 1. The number of hydrogen-bond donors (Lipinski definition) is 0. The van der Waals surface area contributed by atoms with Crippen LogP contribution in [-0.4, -0.2) is 17.6 Å². The third kappa shape index (κ3) is 3.03. The summed E-state index contributed by atoms with van der Waals surface area (Å²) in [5, 5.41) is 0. The second kappa shape index (κ2) is 4.93. The van der Waals surface area contributed by atoms with Gasteiger partial charge in [0.15, 0.2) is 6.29 Å². The fourth-order valence-corrected chi connectivity index (χ4v) is 1.57. The van der Waals surface area contributed by atoms with E-state index in [2.05, 4.69) is 9.72 Å². The first-order chi connectivity index (χ1) is 7.39. The smallest absolute Gasteiger partial charge is 0.387 e. The maximum Gasteiger partial charge on any atom is 0.574 e. The number of aldehydes is 1. The van der Waals surface area contributed by atoms with Crippen LogP contribution in [0.15, 0.2) is 6.20 Å². The van der Waals surface area contributed by atoms with Crippen molar-refractivity contribution in [1.29, 1.82) is 0 Å². The van der Waals surface area contributed by atoms with Gasteiger partial charge in [0.25, 0.3) is 0 Å². The van der Waals surface area contributed by atoms with Crippen molar-refractivity contribution in [2.75, 3.05) is 0 Å². The highest BCUT2D eigenvalue weighted by molar-refractivity contribution is 14.1.